The number of ether oxygens (including phenoxy) is 2. The van der Waals surface area contributed by atoms with Crippen molar-refractivity contribution in [3.63, 3.8) is 0 Å². The predicted molar refractivity (Wildman–Crippen MR) is 97.0 cm³/mol. The van der Waals surface area contributed by atoms with Crippen molar-refractivity contribution < 1.29 is 19.1 Å². The van der Waals surface area contributed by atoms with Crippen LogP contribution in [0.15, 0.2) is 36.5 Å². The fourth-order valence-corrected chi connectivity index (χ4v) is 2.99. The lowest BCUT2D eigenvalue weighted by molar-refractivity contribution is -0.120. The molecule has 0 aliphatic carbocycles. The van der Waals surface area contributed by atoms with E-state index in [0.29, 0.717) is 41.0 Å². The molecule has 0 unspecified atom stereocenters. The summed E-state index contributed by atoms with van der Waals surface area (Å²) in [6.45, 7) is 0.741. The van der Waals surface area contributed by atoms with E-state index >= 15 is 0 Å². The van der Waals surface area contributed by atoms with Crippen LogP contribution in [0.1, 0.15) is 10.4 Å². The third-order valence-electron chi connectivity index (χ3n) is 4.14. The first kappa shape index (κ1) is 18.0. The number of methoxy groups -OCH3 is 2. The molecule has 0 bridgehead atoms. The number of nitrogens with zero attached hydrogens (tertiary/aromatic N) is 3. The molecule has 136 valence electrons. The Morgan fingerprint density at radius 1 is 1.15 bits per heavy atom. The summed E-state index contributed by atoms with van der Waals surface area (Å²) in [7, 11) is 3.00. The minimum Gasteiger partial charge on any atom is -0.496 e. The van der Waals surface area contributed by atoms with Crippen LogP contribution in [0.5, 0.6) is 11.6 Å². The van der Waals surface area contributed by atoms with Crippen molar-refractivity contribution >= 4 is 29.1 Å². The Kier molecular flexibility index (Phi) is 5.27. The Balaban J connectivity index is 1.77. The van der Waals surface area contributed by atoms with Crippen molar-refractivity contribution in [1.82, 2.24) is 9.88 Å². The molecule has 2 heterocycles. The average Bonchev–Trinajstić information content (AvgIpc) is 2.67. The quantitative estimate of drug-likeness (QED) is 0.819. The van der Waals surface area contributed by atoms with E-state index in [-0.39, 0.29) is 18.4 Å². The minimum absolute atomic E-state index is 0.0286. The monoisotopic (exact) mass is 375 g/mol. The van der Waals surface area contributed by atoms with Crippen molar-refractivity contribution in [2.24, 2.45) is 0 Å². The maximum Gasteiger partial charge on any atom is 0.258 e. The topological polar surface area (TPSA) is 72.0 Å². The molecule has 1 saturated heterocycles. The van der Waals surface area contributed by atoms with E-state index in [1.807, 2.05) is 0 Å². The Labute approximate surface area is 156 Å². The molecule has 2 aromatic rings. The fourth-order valence-electron chi connectivity index (χ4n) is 2.82. The van der Waals surface area contributed by atoms with Crippen LogP contribution in [0.3, 0.4) is 0 Å². The van der Waals surface area contributed by atoms with Crippen LogP contribution in [-0.2, 0) is 4.79 Å². The normalized spacial score (nSPS) is 14.3. The highest BCUT2D eigenvalue weighted by molar-refractivity contribution is 6.31. The van der Waals surface area contributed by atoms with Gasteiger partial charge in [-0.05, 0) is 24.3 Å². The van der Waals surface area contributed by atoms with Crippen molar-refractivity contribution in [3.05, 3.63) is 47.1 Å². The molecule has 1 aromatic heterocycles. The van der Waals surface area contributed by atoms with Gasteiger partial charge in [0, 0.05) is 30.4 Å². The van der Waals surface area contributed by atoms with Gasteiger partial charge in [-0.3, -0.25) is 9.59 Å². The summed E-state index contributed by atoms with van der Waals surface area (Å²) in [5.41, 5.74) is 1.03. The fraction of sp³-hybridized carbons (Fsp3) is 0.278. The van der Waals surface area contributed by atoms with Crippen LogP contribution in [0.2, 0.25) is 5.02 Å². The second-order valence-electron chi connectivity index (χ2n) is 5.67. The van der Waals surface area contributed by atoms with Gasteiger partial charge in [-0.15, -0.1) is 0 Å². The summed E-state index contributed by atoms with van der Waals surface area (Å²) >= 11 is 6.00. The van der Waals surface area contributed by atoms with Crippen LogP contribution < -0.4 is 14.4 Å². The summed E-state index contributed by atoms with van der Waals surface area (Å²) in [5, 5.41) is 0.433. The summed E-state index contributed by atoms with van der Waals surface area (Å²) in [4.78, 5) is 32.5. The van der Waals surface area contributed by atoms with Crippen LogP contribution >= 0.6 is 11.6 Å². The van der Waals surface area contributed by atoms with E-state index in [1.54, 1.807) is 41.4 Å². The van der Waals surface area contributed by atoms with Crippen molar-refractivity contribution in [2.75, 3.05) is 38.8 Å². The van der Waals surface area contributed by atoms with Crippen LogP contribution in [-0.4, -0.2) is 55.6 Å². The molecule has 0 spiro atoms. The number of carbonyl (C=O) groups excluding carboxylic acids is 2. The van der Waals surface area contributed by atoms with Crippen LogP contribution in [0, 0.1) is 0 Å². The van der Waals surface area contributed by atoms with Gasteiger partial charge in [0.25, 0.3) is 5.91 Å². The number of amides is 2. The number of piperazine rings is 1. The van der Waals surface area contributed by atoms with E-state index < -0.39 is 0 Å². The highest BCUT2D eigenvalue weighted by atomic mass is 35.5. The Morgan fingerprint density at radius 2 is 1.96 bits per heavy atom. The molecule has 3 rings (SSSR count). The van der Waals surface area contributed by atoms with Gasteiger partial charge in [-0.1, -0.05) is 11.6 Å². The average molecular weight is 376 g/mol. The van der Waals surface area contributed by atoms with E-state index in [0.717, 1.165) is 0 Å². The summed E-state index contributed by atoms with van der Waals surface area (Å²) in [5.74, 6) is 0.383. The van der Waals surface area contributed by atoms with Crippen molar-refractivity contribution in [1.29, 1.82) is 0 Å². The largest absolute Gasteiger partial charge is 0.496 e. The van der Waals surface area contributed by atoms with Gasteiger partial charge in [0.2, 0.25) is 11.8 Å². The van der Waals surface area contributed by atoms with Crippen LogP contribution in [0.25, 0.3) is 0 Å². The minimum atomic E-state index is -0.287. The maximum atomic E-state index is 12.8. The number of benzene rings is 1. The number of halogens is 1. The van der Waals surface area contributed by atoms with Gasteiger partial charge < -0.3 is 19.3 Å². The van der Waals surface area contributed by atoms with E-state index in [1.165, 1.54) is 19.1 Å². The van der Waals surface area contributed by atoms with Crippen LogP contribution in [0.4, 0.5) is 5.69 Å². The highest BCUT2D eigenvalue weighted by Crippen LogP contribution is 2.26. The van der Waals surface area contributed by atoms with Gasteiger partial charge in [0.15, 0.2) is 0 Å². The maximum absolute atomic E-state index is 12.8. The summed E-state index contributed by atoms with van der Waals surface area (Å²) in [6, 6.07) is 8.26. The molecule has 2 amide bonds. The number of anilines is 1. The second-order valence-corrected chi connectivity index (χ2v) is 6.11. The molecular weight excluding hydrogens is 358 g/mol. The van der Waals surface area contributed by atoms with Crippen molar-refractivity contribution in [3.8, 4) is 11.6 Å². The number of aromatic nitrogens is 1. The number of hydrogen-bond acceptors (Lipinski definition) is 5. The smallest absolute Gasteiger partial charge is 0.258 e. The van der Waals surface area contributed by atoms with E-state index in [2.05, 4.69) is 4.98 Å². The Hall–Kier alpha value is -2.80. The third kappa shape index (κ3) is 3.57. The first-order valence-electron chi connectivity index (χ1n) is 7.96. The Bertz CT molecular complexity index is 843. The summed E-state index contributed by atoms with van der Waals surface area (Å²) in [6.07, 6.45) is 1.58. The molecule has 1 aliphatic heterocycles. The van der Waals surface area contributed by atoms with Gasteiger partial charge in [0.05, 0.1) is 25.5 Å². The molecular formula is C18H18ClN3O4. The first-order valence-corrected chi connectivity index (χ1v) is 8.34. The highest BCUT2D eigenvalue weighted by Gasteiger charge is 2.30. The lowest BCUT2D eigenvalue weighted by Gasteiger charge is -2.34. The van der Waals surface area contributed by atoms with Gasteiger partial charge in [-0.25, -0.2) is 4.98 Å². The lowest BCUT2D eigenvalue weighted by Crippen LogP contribution is -2.52. The molecule has 0 N–H and O–H groups in total. The second kappa shape index (κ2) is 7.61. The van der Waals surface area contributed by atoms with Crippen molar-refractivity contribution in [2.45, 2.75) is 0 Å². The van der Waals surface area contributed by atoms with E-state index in [9.17, 15) is 9.59 Å². The molecule has 0 saturated carbocycles. The number of carbonyl (C=O) groups is 2. The molecule has 0 radical (unpaired) electrons. The third-order valence-corrected chi connectivity index (χ3v) is 4.37. The van der Waals surface area contributed by atoms with Gasteiger partial charge >= 0.3 is 0 Å². The number of rotatable bonds is 4. The molecule has 1 fully saturated rings. The molecule has 26 heavy (non-hydrogen) atoms. The number of pyridine rings is 1. The van der Waals surface area contributed by atoms with E-state index in [4.69, 9.17) is 21.1 Å². The number of hydrogen-bond donors (Lipinski definition) is 0. The Morgan fingerprint density at radius 3 is 2.65 bits per heavy atom. The summed E-state index contributed by atoms with van der Waals surface area (Å²) < 4.78 is 10.3. The first-order chi connectivity index (χ1) is 12.5. The van der Waals surface area contributed by atoms with Gasteiger partial charge in [-0.2, -0.15) is 0 Å². The molecule has 1 aromatic carbocycles. The molecule has 1 aliphatic rings. The lowest BCUT2D eigenvalue weighted by atomic mass is 10.1. The molecule has 8 heteroatoms. The predicted octanol–water partition coefficient (Wildman–Crippen LogP) is 2.24. The zero-order valence-electron chi connectivity index (χ0n) is 14.4. The standard InChI is InChI=1S/C18H18ClN3O4/c1-25-15-4-3-12(19)9-14(15)18(24)21-7-8-22(17(23)11-21)13-5-6-20-16(10-13)26-2/h3-6,9-10H,7-8,11H2,1-2H3. The van der Waals surface area contributed by atoms with Gasteiger partial charge in [0.1, 0.15) is 12.3 Å². The molecule has 7 nitrogen and oxygen atoms in total. The molecule has 0 atom stereocenters. The zero-order valence-corrected chi connectivity index (χ0v) is 15.2. The SMILES string of the molecule is COc1cc(N2CCN(C(=O)c3cc(Cl)ccc3OC)CC2=O)ccn1. The zero-order chi connectivity index (χ0) is 18.7.